The molecule has 1 unspecified atom stereocenters. The number of pyridine rings is 1. The van der Waals surface area contributed by atoms with Gasteiger partial charge in [-0.3, -0.25) is 4.79 Å². The Labute approximate surface area is 157 Å². The molecule has 5 nitrogen and oxygen atoms in total. The molecule has 0 saturated carbocycles. The minimum absolute atomic E-state index is 0.106. The Bertz CT molecular complexity index is 604. The molecule has 1 rings (SSSR count). The number of carbonyl (C=O) groups excluding carboxylic acids is 1. The van der Waals surface area contributed by atoms with Crippen LogP contribution in [0.4, 0.5) is 14.5 Å². The molecule has 0 aliphatic carbocycles. The fourth-order valence-corrected chi connectivity index (χ4v) is 2.47. The second kappa shape index (κ2) is 10.7. The van der Waals surface area contributed by atoms with Gasteiger partial charge in [0.25, 0.3) is 0 Å². The molecule has 0 aliphatic heterocycles. The van der Waals surface area contributed by atoms with Gasteiger partial charge in [-0.1, -0.05) is 48.0 Å². The van der Waals surface area contributed by atoms with E-state index in [-0.39, 0.29) is 11.4 Å². The number of alkyl halides is 2. The van der Waals surface area contributed by atoms with Crippen LogP contribution in [0.15, 0.2) is 23.4 Å². The minimum atomic E-state index is -2.91. The highest BCUT2D eigenvalue weighted by molar-refractivity contribution is 7.82. The van der Waals surface area contributed by atoms with Crippen molar-refractivity contribution in [2.75, 3.05) is 5.32 Å². The molecule has 0 aromatic carbocycles. The van der Waals surface area contributed by atoms with Gasteiger partial charge in [-0.05, 0) is 17.5 Å². The number of nitrogens with two attached hydrogens (primary N) is 1. The summed E-state index contributed by atoms with van der Waals surface area (Å²) in [5, 5.41) is 7.94. The molecule has 0 spiro atoms. The summed E-state index contributed by atoms with van der Waals surface area (Å²) in [6, 6.07) is 2.86. The molecular weight excluding hydrogens is 360 g/mol. The van der Waals surface area contributed by atoms with Gasteiger partial charge in [0.05, 0.1) is 0 Å². The monoisotopic (exact) mass is 391 g/mol. The number of rotatable bonds is 6. The number of hydrogen-bond acceptors (Lipinski definition) is 3. The van der Waals surface area contributed by atoms with Gasteiger partial charge >= 0.3 is 0 Å². The molecule has 0 radical (unpaired) electrons. The summed E-state index contributed by atoms with van der Waals surface area (Å²) < 4.78 is 38.7. The lowest BCUT2D eigenvalue weighted by Gasteiger charge is -2.32. The zero-order valence-electron chi connectivity index (χ0n) is 16.4. The van der Waals surface area contributed by atoms with Crippen LogP contribution in [0.25, 0.3) is 0 Å². The van der Waals surface area contributed by atoms with E-state index >= 15 is 0 Å². The summed E-state index contributed by atoms with van der Waals surface area (Å²) in [7, 11) is -1.78. The van der Waals surface area contributed by atoms with Crippen LogP contribution in [-0.2, 0) is 15.8 Å². The van der Waals surface area contributed by atoms with E-state index in [0.29, 0.717) is 5.69 Å². The second-order valence-electron chi connectivity index (χ2n) is 7.21. The highest BCUT2D eigenvalue weighted by Gasteiger charge is 2.40. The van der Waals surface area contributed by atoms with Crippen LogP contribution in [0.3, 0.4) is 0 Å². The maximum absolute atomic E-state index is 13.8. The zero-order valence-corrected chi connectivity index (χ0v) is 17.3. The van der Waals surface area contributed by atoms with Crippen LogP contribution >= 0.6 is 0 Å². The molecular formula is C18H31F2N3O2S. The largest absolute Gasteiger partial charge is 0.326 e. The van der Waals surface area contributed by atoms with Gasteiger partial charge in [0.2, 0.25) is 11.8 Å². The number of aromatic nitrogens is 1. The molecule has 1 heterocycles. The lowest BCUT2D eigenvalue weighted by atomic mass is 9.76. The van der Waals surface area contributed by atoms with Crippen LogP contribution < -0.4 is 10.5 Å². The SMILES string of the molecule is CCC.CCC(F)(F)C[C@@H](C(=O)Nc1ccnc(S(N)=O)c1)C(C)(C)C. The van der Waals surface area contributed by atoms with Crippen molar-refractivity contribution in [3.05, 3.63) is 18.3 Å². The molecule has 150 valence electrons. The maximum atomic E-state index is 13.8. The molecule has 1 aromatic rings. The number of amides is 1. The van der Waals surface area contributed by atoms with Crippen LogP contribution in [0, 0.1) is 11.3 Å². The molecule has 8 heteroatoms. The molecule has 26 heavy (non-hydrogen) atoms. The van der Waals surface area contributed by atoms with Gasteiger partial charge in [0.1, 0.15) is 16.0 Å². The topological polar surface area (TPSA) is 85.1 Å². The quantitative estimate of drug-likeness (QED) is 0.748. The number of halogens is 2. The van der Waals surface area contributed by atoms with Gasteiger partial charge in [-0.25, -0.2) is 23.1 Å². The van der Waals surface area contributed by atoms with Crippen LogP contribution in [0.2, 0.25) is 0 Å². The molecule has 3 N–H and O–H groups in total. The van der Waals surface area contributed by atoms with Gasteiger partial charge in [0, 0.05) is 30.6 Å². The predicted molar refractivity (Wildman–Crippen MR) is 102 cm³/mol. The van der Waals surface area contributed by atoms with Crippen molar-refractivity contribution < 1.29 is 17.8 Å². The van der Waals surface area contributed by atoms with Crippen LogP contribution in [0.5, 0.6) is 0 Å². The standard InChI is InChI=1S/C15H23F2N3O2S.C3H8/c1-5-15(16,17)9-11(14(2,3)4)13(21)20-10-6-7-19-12(8-10)23(18)22;1-3-2/h6-8,11H,5,9,18H2,1-4H3,(H,19,20,21);3H2,1-2H3/t11-,23?;/m0./s1. The van der Waals surface area contributed by atoms with Gasteiger partial charge in [0.15, 0.2) is 0 Å². The van der Waals surface area contributed by atoms with E-state index in [4.69, 9.17) is 5.14 Å². The van der Waals surface area contributed by atoms with Crippen molar-refractivity contribution in [1.82, 2.24) is 4.98 Å². The Kier molecular flexibility index (Phi) is 10.1. The van der Waals surface area contributed by atoms with E-state index in [9.17, 15) is 17.8 Å². The van der Waals surface area contributed by atoms with Crippen molar-refractivity contribution in [3.8, 4) is 0 Å². The Morgan fingerprint density at radius 2 is 1.85 bits per heavy atom. The summed E-state index contributed by atoms with van der Waals surface area (Å²) in [6.45, 7) is 10.9. The predicted octanol–water partition coefficient (Wildman–Crippen LogP) is 4.52. The first-order valence-corrected chi connectivity index (χ1v) is 9.90. The first-order chi connectivity index (χ1) is 11.9. The van der Waals surface area contributed by atoms with Crippen molar-refractivity contribution in [2.45, 2.75) is 71.8 Å². The number of nitrogens with zero attached hydrogens (tertiary/aromatic N) is 1. The van der Waals surface area contributed by atoms with Gasteiger partial charge < -0.3 is 5.32 Å². The van der Waals surface area contributed by atoms with E-state index in [1.807, 2.05) is 0 Å². The number of anilines is 1. The fraction of sp³-hybridized carbons (Fsp3) is 0.667. The van der Waals surface area contributed by atoms with Crippen molar-refractivity contribution in [3.63, 3.8) is 0 Å². The van der Waals surface area contributed by atoms with Gasteiger partial charge in [-0.2, -0.15) is 0 Å². The Balaban J connectivity index is 0.00000194. The summed E-state index contributed by atoms with van der Waals surface area (Å²) in [5.74, 6) is -4.29. The summed E-state index contributed by atoms with van der Waals surface area (Å²) in [4.78, 5) is 16.3. The van der Waals surface area contributed by atoms with E-state index in [1.165, 1.54) is 31.7 Å². The summed E-state index contributed by atoms with van der Waals surface area (Å²) in [6.07, 6.45) is 1.75. The van der Waals surface area contributed by atoms with Crippen LogP contribution in [-0.4, -0.2) is 21.0 Å². The third kappa shape index (κ3) is 8.80. The lowest BCUT2D eigenvalue weighted by molar-refractivity contribution is -0.128. The molecule has 0 bridgehead atoms. The maximum Gasteiger partial charge on any atom is 0.248 e. The Hall–Kier alpha value is -1.41. The molecule has 0 fully saturated rings. The first-order valence-electron chi connectivity index (χ1n) is 8.68. The van der Waals surface area contributed by atoms with E-state index in [2.05, 4.69) is 24.1 Å². The molecule has 1 aromatic heterocycles. The smallest absolute Gasteiger partial charge is 0.248 e. The third-order valence-electron chi connectivity index (χ3n) is 3.59. The van der Waals surface area contributed by atoms with Crippen LogP contribution in [0.1, 0.15) is 60.8 Å². The van der Waals surface area contributed by atoms with Gasteiger partial charge in [-0.15, -0.1) is 0 Å². The molecule has 1 amide bonds. The zero-order chi connectivity index (χ0) is 20.5. The first kappa shape index (κ1) is 24.6. The molecule has 2 atom stereocenters. The number of hydrogen-bond donors (Lipinski definition) is 2. The summed E-state index contributed by atoms with van der Waals surface area (Å²) in [5.41, 5.74) is -0.303. The van der Waals surface area contributed by atoms with Crippen molar-refractivity contribution in [2.24, 2.45) is 16.5 Å². The van der Waals surface area contributed by atoms with E-state index in [0.717, 1.165) is 0 Å². The number of nitrogens with one attached hydrogen (secondary N) is 1. The highest BCUT2D eigenvalue weighted by Crippen LogP contribution is 2.37. The normalized spacial score (nSPS) is 14.0. The third-order valence-corrected chi connectivity index (χ3v) is 4.23. The average Bonchev–Trinajstić information content (AvgIpc) is 2.52. The average molecular weight is 392 g/mol. The minimum Gasteiger partial charge on any atom is -0.326 e. The number of carbonyl (C=O) groups is 1. The fourth-order valence-electron chi connectivity index (χ4n) is 2.06. The van der Waals surface area contributed by atoms with E-state index < -0.39 is 40.6 Å². The lowest BCUT2D eigenvalue weighted by Crippen LogP contribution is -2.37. The summed E-state index contributed by atoms with van der Waals surface area (Å²) >= 11 is 0. The Morgan fingerprint density at radius 1 is 1.31 bits per heavy atom. The van der Waals surface area contributed by atoms with Crippen molar-refractivity contribution in [1.29, 1.82) is 0 Å². The highest BCUT2D eigenvalue weighted by atomic mass is 32.2. The Morgan fingerprint density at radius 3 is 2.27 bits per heavy atom. The van der Waals surface area contributed by atoms with Crippen molar-refractivity contribution >= 4 is 22.6 Å². The molecule has 0 saturated heterocycles. The molecule has 0 aliphatic rings. The van der Waals surface area contributed by atoms with E-state index in [1.54, 1.807) is 20.8 Å². The second-order valence-corrected chi connectivity index (χ2v) is 8.22.